The van der Waals surface area contributed by atoms with Crippen LogP contribution in [0.1, 0.15) is 53.4 Å². The normalized spacial score (nSPS) is 25.1. The number of hydrogen-bond acceptors (Lipinski definition) is 4. The highest BCUT2D eigenvalue weighted by Gasteiger charge is 2.70. The van der Waals surface area contributed by atoms with E-state index in [0.29, 0.717) is 11.3 Å². The van der Waals surface area contributed by atoms with E-state index in [9.17, 15) is 14.4 Å². The van der Waals surface area contributed by atoms with E-state index in [0.717, 1.165) is 27.9 Å². The summed E-state index contributed by atoms with van der Waals surface area (Å²) in [5.74, 6) is -1.38. The lowest BCUT2D eigenvalue weighted by atomic mass is 9.63. The van der Waals surface area contributed by atoms with Crippen LogP contribution in [0.15, 0.2) is 72.8 Å². The first-order valence-electron chi connectivity index (χ1n) is 13.2. The van der Waals surface area contributed by atoms with Gasteiger partial charge in [-0.15, -0.1) is 0 Å². The topological polar surface area (TPSA) is 66.5 Å². The van der Waals surface area contributed by atoms with E-state index in [1.165, 1.54) is 0 Å². The summed E-state index contributed by atoms with van der Waals surface area (Å²) >= 11 is 0. The molecule has 0 aromatic heterocycles. The summed E-state index contributed by atoms with van der Waals surface area (Å²) in [6, 6.07) is 19.8. The Morgan fingerprint density at radius 2 is 1.61 bits per heavy atom. The highest BCUT2D eigenvalue weighted by atomic mass is 16.2. The largest absolute Gasteiger partial charge is 0.352 e. The van der Waals surface area contributed by atoms with E-state index in [4.69, 9.17) is 0 Å². The molecule has 1 spiro atoms. The van der Waals surface area contributed by atoms with E-state index in [-0.39, 0.29) is 17.5 Å². The summed E-state index contributed by atoms with van der Waals surface area (Å²) in [4.78, 5) is 45.4. The number of ketones is 2. The lowest BCUT2D eigenvalue weighted by Gasteiger charge is -2.38. The molecule has 1 amide bonds. The number of Topliss-reactive ketones (excluding diaryl/α,β-unsaturated/α-hetero) is 2. The van der Waals surface area contributed by atoms with Crippen molar-refractivity contribution in [1.29, 1.82) is 0 Å². The number of carbonyl (C=O) groups is 3. The number of carbonyl (C=O) groups excluding carboxylic acids is 3. The third kappa shape index (κ3) is 3.27. The fourth-order valence-electron chi connectivity index (χ4n) is 6.64. The quantitative estimate of drug-likeness (QED) is 0.452. The van der Waals surface area contributed by atoms with Gasteiger partial charge in [0, 0.05) is 22.4 Å². The molecule has 3 aromatic rings. The molecule has 1 fully saturated rings. The number of nitrogens with zero attached hydrogens (tertiary/aromatic N) is 1. The molecule has 0 bridgehead atoms. The molecule has 4 atom stereocenters. The highest BCUT2D eigenvalue weighted by Crippen LogP contribution is 2.58. The third-order valence-electron chi connectivity index (χ3n) is 8.41. The van der Waals surface area contributed by atoms with Gasteiger partial charge in [-0.2, -0.15) is 0 Å². The molecule has 5 nitrogen and oxygen atoms in total. The predicted molar refractivity (Wildman–Crippen MR) is 150 cm³/mol. The minimum atomic E-state index is -1.26. The second kappa shape index (κ2) is 8.26. The van der Waals surface area contributed by atoms with E-state index in [1.54, 1.807) is 0 Å². The van der Waals surface area contributed by atoms with Crippen LogP contribution < -0.4 is 10.2 Å². The van der Waals surface area contributed by atoms with Crippen molar-refractivity contribution < 1.29 is 14.4 Å². The van der Waals surface area contributed by atoms with Crippen molar-refractivity contribution in [1.82, 2.24) is 0 Å². The Kier molecular flexibility index (Phi) is 5.29. The molecule has 6 rings (SSSR count). The SMILES string of the molecule is Cc1ccc(C(=O)[C@@H]2[C@H](C(=O)C(C)(C)C)N3c4ccc(C)cc4C=C[C@@H]3[C@@]23C(=O)Nc2ccccc23)cc1. The summed E-state index contributed by atoms with van der Waals surface area (Å²) in [7, 11) is 0. The fraction of sp³-hybridized carbons (Fsp3) is 0.303. The molecule has 0 radical (unpaired) electrons. The molecular weight excluding hydrogens is 472 g/mol. The first-order chi connectivity index (χ1) is 18.0. The molecule has 38 heavy (non-hydrogen) atoms. The maximum Gasteiger partial charge on any atom is 0.238 e. The van der Waals surface area contributed by atoms with E-state index < -0.39 is 28.8 Å². The molecular formula is C33H32N2O3. The minimum absolute atomic E-state index is 0.0520. The average molecular weight is 505 g/mol. The number of anilines is 2. The van der Waals surface area contributed by atoms with Gasteiger partial charge < -0.3 is 10.2 Å². The van der Waals surface area contributed by atoms with Crippen molar-refractivity contribution in [3.05, 3.63) is 101 Å². The number of para-hydroxylation sites is 1. The molecule has 3 aliphatic rings. The highest BCUT2D eigenvalue weighted by molar-refractivity contribution is 6.17. The Morgan fingerprint density at radius 3 is 2.32 bits per heavy atom. The lowest BCUT2D eigenvalue weighted by Crippen LogP contribution is -2.51. The fourth-order valence-corrected chi connectivity index (χ4v) is 6.64. The number of benzene rings is 3. The van der Waals surface area contributed by atoms with Gasteiger partial charge in [-0.25, -0.2) is 0 Å². The molecule has 0 saturated carbocycles. The summed E-state index contributed by atoms with van der Waals surface area (Å²) in [5.41, 5.74) is 4.00. The van der Waals surface area contributed by atoms with Crippen LogP contribution >= 0.6 is 0 Å². The Labute approximate surface area is 223 Å². The van der Waals surface area contributed by atoms with Gasteiger partial charge in [-0.05, 0) is 43.2 Å². The maximum atomic E-state index is 14.6. The molecule has 192 valence electrons. The third-order valence-corrected chi connectivity index (χ3v) is 8.41. The summed E-state index contributed by atoms with van der Waals surface area (Å²) < 4.78 is 0. The Hall–Kier alpha value is -3.99. The Morgan fingerprint density at radius 1 is 0.921 bits per heavy atom. The van der Waals surface area contributed by atoms with Crippen molar-refractivity contribution in [2.24, 2.45) is 11.3 Å². The van der Waals surface area contributed by atoms with Gasteiger partial charge >= 0.3 is 0 Å². The zero-order valence-corrected chi connectivity index (χ0v) is 22.4. The van der Waals surface area contributed by atoms with E-state index >= 15 is 0 Å². The lowest BCUT2D eigenvalue weighted by molar-refractivity contribution is -0.128. The summed E-state index contributed by atoms with van der Waals surface area (Å²) in [5, 5.41) is 3.08. The number of aryl methyl sites for hydroxylation is 2. The monoisotopic (exact) mass is 504 g/mol. The second-order valence-corrected chi connectivity index (χ2v) is 11.9. The van der Waals surface area contributed by atoms with Crippen LogP contribution in [0.4, 0.5) is 11.4 Å². The zero-order chi connectivity index (χ0) is 27.0. The molecule has 1 saturated heterocycles. The molecule has 3 aromatic carbocycles. The molecule has 3 heterocycles. The van der Waals surface area contributed by atoms with Crippen molar-refractivity contribution >= 4 is 34.9 Å². The maximum absolute atomic E-state index is 14.6. The van der Waals surface area contributed by atoms with E-state index in [2.05, 4.69) is 16.3 Å². The molecule has 0 aliphatic carbocycles. The van der Waals surface area contributed by atoms with Gasteiger partial charge in [0.2, 0.25) is 5.91 Å². The van der Waals surface area contributed by atoms with Crippen molar-refractivity contribution in [3.8, 4) is 0 Å². The number of fused-ring (bicyclic) bond motifs is 6. The van der Waals surface area contributed by atoms with Gasteiger partial charge in [0.1, 0.15) is 11.5 Å². The van der Waals surface area contributed by atoms with E-state index in [1.807, 2.05) is 107 Å². The summed E-state index contributed by atoms with van der Waals surface area (Å²) in [6.07, 6.45) is 4.06. The van der Waals surface area contributed by atoms with Crippen LogP contribution in [0.5, 0.6) is 0 Å². The molecule has 0 unspecified atom stereocenters. The average Bonchev–Trinajstić information content (AvgIpc) is 3.35. The predicted octanol–water partition coefficient (Wildman–Crippen LogP) is 5.89. The minimum Gasteiger partial charge on any atom is -0.352 e. The van der Waals surface area contributed by atoms with Gasteiger partial charge in [-0.3, -0.25) is 14.4 Å². The van der Waals surface area contributed by atoms with Crippen LogP contribution in [0.3, 0.4) is 0 Å². The van der Waals surface area contributed by atoms with Crippen LogP contribution in [0, 0.1) is 25.2 Å². The summed E-state index contributed by atoms with van der Waals surface area (Å²) in [6.45, 7) is 9.68. The second-order valence-electron chi connectivity index (χ2n) is 11.9. The van der Waals surface area contributed by atoms with Gasteiger partial charge in [-0.1, -0.05) is 92.6 Å². The standard InChI is InChI=1S/C33H32N2O3/c1-19-10-13-21(14-11-19)29(36)27-28(30(37)32(3,4)5)35-25-16-12-20(2)18-22(25)15-17-26(35)33(27)23-8-6-7-9-24(23)34-31(33)38/h6-18,26-28H,1-5H3,(H,34,38)/t26-,27+,28-,33-/m1/s1. The Bertz CT molecular complexity index is 1530. The van der Waals surface area contributed by atoms with Crippen LogP contribution in [-0.2, 0) is 15.0 Å². The molecule has 1 N–H and O–H groups in total. The first-order valence-corrected chi connectivity index (χ1v) is 13.2. The first kappa shape index (κ1) is 24.4. The zero-order valence-electron chi connectivity index (χ0n) is 22.4. The van der Waals surface area contributed by atoms with Gasteiger partial charge in [0.05, 0.1) is 12.0 Å². The van der Waals surface area contributed by atoms with Crippen molar-refractivity contribution in [3.63, 3.8) is 0 Å². The smallest absolute Gasteiger partial charge is 0.238 e. The molecule has 5 heteroatoms. The molecule has 3 aliphatic heterocycles. The Balaban J connectivity index is 1.68. The van der Waals surface area contributed by atoms with Gasteiger partial charge in [0.15, 0.2) is 11.6 Å². The van der Waals surface area contributed by atoms with Gasteiger partial charge in [0.25, 0.3) is 0 Å². The number of nitrogens with one attached hydrogen (secondary N) is 1. The van der Waals surface area contributed by atoms with Crippen LogP contribution in [0.2, 0.25) is 0 Å². The number of amides is 1. The number of hydrogen-bond donors (Lipinski definition) is 1. The van der Waals surface area contributed by atoms with Crippen molar-refractivity contribution in [2.45, 2.75) is 52.1 Å². The van der Waals surface area contributed by atoms with Crippen LogP contribution in [0.25, 0.3) is 6.08 Å². The van der Waals surface area contributed by atoms with Crippen molar-refractivity contribution in [2.75, 3.05) is 10.2 Å². The van der Waals surface area contributed by atoms with Crippen LogP contribution in [-0.4, -0.2) is 29.6 Å². The number of rotatable bonds is 3.